The van der Waals surface area contributed by atoms with Crippen molar-refractivity contribution in [2.24, 2.45) is 0 Å². The van der Waals surface area contributed by atoms with Gasteiger partial charge in [0, 0.05) is 10.9 Å². The largest absolute Gasteiger partial charge is 0.240 e. The topological polar surface area (TPSA) is 60.5 Å². The normalized spacial score (nSPS) is 10.7. The van der Waals surface area contributed by atoms with Crippen molar-refractivity contribution in [3.63, 3.8) is 0 Å². The zero-order valence-electron chi connectivity index (χ0n) is 10.1. The van der Waals surface area contributed by atoms with Gasteiger partial charge in [-0.1, -0.05) is 12.1 Å². The molecule has 1 aromatic heterocycles. The Morgan fingerprint density at radius 3 is 2.72 bits per heavy atom. The molecule has 1 aromatic carbocycles. The number of hydrogen-bond donors (Lipinski definition) is 0. The number of hydrogen-bond acceptors (Lipinski definition) is 4. The molecule has 0 aliphatic rings. The molecular formula is C14H11N3S. The molecule has 3 nitrogen and oxygen atoms in total. The van der Waals surface area contributed by atoms with Crippen molar-refractivity contribution in [3.8, 4) is 23.4 Å². The number of thiazole rings is 1. The molecule has 0 radical (unpaired) electrons. The first-order chi connectivity index (χ1) is 8.56. The number of nitriles is 2. The lowest BCUT2D eigenvalue weighted by molar-refractivity contribution is 0.680. The smallest absolute Gasteiger partial charge is 0.113 e. The van der Waals surface area contributed by atoms with Crippen LogP contribution < -0.4 is 0 Å². The van der Waals surface area contributed by atoms with E-state index in [2.05, 4.69) is 17.1 Å². The summed E-state index contributed by atoms with van der Waals surface area (Å²) < 4.78 is 0. The van der Waals surface area contributed by atoms with E-state index in [1.165, 1.54) is 11.3 Å². The molecule has 0 aliphatic carbocycles. The van der Waals surface area contributed by atoms with Crippen LogP contribution in [0, 0.1) is 22.7 Å². The number of nitrogens with zero attached hydrogens (tertiary/aromatic N) is 3. The first-order valence-electron chi connectivity index (χ1n) is 5.44. The first kappa shape index (κ1) is 12.3. The maximum Gasteiger partial charge on any atom is 0.113 e. The summed E-state index contributed by atoms with van der Waals surface area (Å²) in [5.41, 5.74) is 1.76. The Kier molecular flexibility index (Phi) is 3.14. The summed E-state index contributed by atoms with van der Waals surface area (Å²) in [5.74, 6) is 0. The molecule has 2 rings (SSSR count). The minimum absolute atomic E-state index is 0.574. The molecule has 0 atom stereocenters. The molecule has 88 valence electrons. The van der Waals surface area contributed by atoms with Crippen LogP contribution >= 0.6 is 11.3 Å². The first-order valence-corrected chi connectivity index (χ1v) is 6.32. The van der Waals surface area contributed by atoms with E-state index in [1.807, 2.05) is 31.4 Å². The van der Waals surface area contributed by atoms with Crippen LogP contribution in [0.15, 0.2) is 29.6 Å². The van der Waals surface area contributed by atoms with Gasteiger partial charge < -0.3 is 0 Å². The Morgan fingerprint density at radius 1 is 1.28 bits per heavy atom. The van der Waals surface area contributed by atoms with E-state index >= 15 is 0 Å². The van der Waals surface area contributed by atoms with Crippen LogP contribution in [0.4, 0.5) is 0 Å². The monoisotopic (exact) mass is 253 g/mol. The SMILES string of the molecule is CC(C)(C#N)c1nc(-c2cccc(C#N)c2)cs1. The molecule has 0 N–H and O–H groups in total. The maximum absolute atomic E-state index is 9.08. The fourth-order valence-electron chi connectivity index (χ4n) is 1.49. The fraction of sp³-hybridized carbons (Fsp3) is 0.214. The Bertz CT molecular complexity index is 656. The number of rotatable bonds is 2. The van der Waals surface area contributed by atoms with Gasteiger partial charge in [0.15, 0.2) is 0 Å². The van der Waals surface area contributed by atoms with Crippen molar-refractivity contribution in [2.45, 2.75) is 19.3 Å². The van der Waals surface area contributed by atoms with Crippen LogP contribution in [-0.4, -0.2) is 4.98 Å². The van der Waals surface area contributed by atoms with E-state index in [1.54, 1.807) is 12.1 Å². The van der Waals surface area contributed by atoms with Crippen LogP contribution in [0.2, 0.25) is 0 Å². The second-order valence-electron chi connectivity index (χ2n) is 4.47. The minimum atomic E-state index is -0.574. The Labute approximate surface area is 110 Å². The highest BCUT2D eigenvalue weighted by Gasteiger charge is 2.23. The minimum Gasteiger partial charge on any atom is -0.240 e. The quantitative estimate of drug-likeness (QED) is 0.823. The highest BCUT2D eigenvalue weighted by atomic mass is 32.1. The van der Waals surface area contributed by atoms with Crippen LogP contribution in [0.25, 0.3) is 11.3 Å². The van der Waals surface area contributed by atoms with Crippen molar-refractivity contribution in [1.82, 2.24) is 4.98 Å². The molecule has 1 heterocycles. The molecule has 0 bridgehead atoms. The zero-order valence-corrected chi connectivity index (χ0v) is 11.0. The summed E-state index contributed by atoms with van der Waals surface area (Å²) in [5, 5.41) is 20.7. The van der Waals surface area contributed by atoms with E-state index in [4.69, 9.17) is 10.5 Å². The maximum atomic E-state index is 9.08. The summed E-state index contributed by atoms with van der Waals surface area (Å²) in [4.78, 5) is 4.49. The van der Waals surface area contributed by atoms with Crippen LogP contribution in [0.1, 0.15) is 24.4 Å². The third-order valence-corrected chi connectivity index (χ3v) is 3.77. The Hall–Kier alpha value is -2.17. The standard InChI is InChI=1S/C14H11N3S/c1-14(2,9-16)13-17-12(8-18-13)11-5-3-4-10(6-11)7-15/h3-6,8H,1-2H3. The predicted molar refractivity (Wildman–Crippen MR) is 70.9 cm³/mol. The van der Waals surface area contributed by atoms with Crippen LogP contribution in [-0.2, 0) is 5.41 Å². The Morgan fingerprint density at radius 2 is 2.06 bits per heavy atom. The molecule has 0 saturated carbocycles. The average molecular weight is 253 g/mol. The second-order valence-corrected chi connectivity index (χ2v) is 5.33. The summed E-state index contributed by atoms with van der Waals surface area (Å²) in [6.07, 6.45) is 0. The van der Waals surface area contributed by atoms with E-state index in [0.717, 1.165) is 16.3 Å². The van der Waals surface area contributed by atoms with Gasteiger partial charge in [-0.3, -0.25) is 0 Å². The van der Waals surface area contributed by atoms with Gasteiger partial charge in [-0.25, -0.2) is 4.98 Å². The molecule has 0 fully saturated rings. The van der Waals surface area contributed by atoms with Crippen LogP contribution in [0.3, 0.4) is 0 Å². The van der Waals surface area contributed by atoms with Gasteiger partial charge in [-0.05, 0) is 26.0 Å². The fourth-order valence-corrected chi connectivity index (χ4v) is 2.39. The van der Waals surface area contributed by atoms with Crippen molar-refractivity contribution in [1.29, 1.82) is 10.5 Å². The molecule has 18 heavy (non-hydrogen) atoms. The van der Waals surface area contributed by atoms with Gasteiger partial charge in [-0.2, -0.15) is 10.5 Å². The Balaban J connectivity index is 2.42. The summed E-state index contributed by atoms with van der Waals surface area (Å²) in [6.45, 7) is 3.70. The lowest BCUT2D eigenvalue weighted by Gasteiger charge is -2.09. The van der Waals surface area contributed by atoms with Crippen molar-refractivity contribution >= 4 is 11.3 Å². The average Bonchev–Trinajstić information content (AvgIpc) is 2.89. The molecule has 4 heteroatoms. The van der Waals surface area contributed by atoms with E-state index in [0.29, 0.717) is 5.56 Å². The van der Waals surface area contributed by atoms with Crippen LogP contribution in [0.5, 0.6) is 0 Å². The van der Waals surface area contributed by atoms with Gasteiger partial charge in [0.1, 0.15) is 10.4 Å². The second kappa shape index (κ2) is 4.60. The van der Waals surface area contributed by atoms with E-state index in [-0.39, 0.29) is 0 Å². The van der Waals surface area contributed by atoms with Gasteiger partial charge in [0.05, 0.1) is 23.4 Å². The lowest BCUT2D eigenvalue weighted by Crippen LogP contribution is -2.13. The summed E-state index contributed by atoms with van der Waals surface area (Å²) in [7, 11) is 0. The molecule has 0 unspecified atom stereocenters. The summed E-state index contributed by atoms with van der Waals surface area (Å²) >= 11 is 1.47. The molecule has 0 saturated heterocycles. The van der Waals surface area contributed by atoms with E-state index < -0.39 is 5.41 Å². The zero-order chi connectivity index (χ0) is 13.2. The van der Waals surface area contributed by atoms with Crippen molar-refractivity contribution < 1.29 is 0 Å². The number of aromatic nitrogens is 1. The molecule has 0 amide bonds. The summed E-state index contributed by atoms with van der Waals surface area (Å²) in [6, 6.07) is 11.7. The molecule has 0 aliphatic heterocycles. The van der Waals surface area contributed by atoms with Crippen molar-refractivity contribution in [3.05, 3.63) is 40.2 Å². The third kappa shape index (κ3) is 2.25. The van der Waals surface area contributed by atoms with Crippen molar-refractivity contribution in [2.75, 3.05) is 0 Å². The highest BCUT2D eigenvalue weighted by molar-refractivity contribution is 7.10. The van der Waals surface area contributed by atoms with Gasteiger partial charge in [0.2, 0.25) is 0 Å². The van der Waals surface area contributed by atoms with Gasteiger partial charge in [0.25, 0.3) is 0 Å². The third-order valence-electron chi connectivity index (χ3n) is 2.61. The highest BCUT2D eigenvalue weighted by Crippen LogP contribution is 2.30. The molecule has 0 spiro atoms. The van der Waals surface area contributed by atoms with Gasteiger partial charge in [-0.15, -0.1) is 11.3 Å². The number of benzene rings is 1. The predicted octanol–water partition coefficient (Wildman–Crippen LogP) is 3.48. The molecule has 2 aromatic rings. The molecular weight excluding hydrogens is 242 g/mol. The lowest BCUT2D eigenvalue weighted by atomic mass is 9.97. The van der Waals surface area contributed by atoms with Gasteiger partial charge >= 0.3 is 0 Å². The van der Waals surface area contributed by atoms with E-state index in [9.17, 15) is 0 Å².